The molecule has 0 aliphatic heterocycles. The third-order valence-electron chi connectivity index (χ3n) is 1.87. The Morgan fingerprint density at radius 2 is 2.09 bits per heavy atom. The van der Waals surface area contributed by atoms with Crippen LogP contribution in [0.15, 0.2) is 21.3 Å². The molecule has 58 valence electrons. The molecule has 1 aliphatic carbocycles. The number of nitrogens with zero attached hydrogens (tertiary/aromatic N) is 1. The highest BCUT2D eigenvalue weighted by molar-refractivity contribution is 9.11. The number of hydrogen-bond acceptors (Lipinski definition) is 1. The average Bonchev–Trinajstić information content (AvgIpc) is 2.70. The van der Waals surface area contributed by atoms with Gasteiger partial charge in [-0.05, 0) is 46.3 Å². The van der Waals surface area contributed by atoms with Gasteiger partial charge in [-0.1, -0.05) is 15.9 Å². The summed E-state index contributed by atoms with van der Waals surface area (Å²) in [4.78, 5) is 4.19. The number of halogens is 2. The van der Waals surface area contributed by atoms with Crippen molar-refractivity contribution in [1.29, 1.82) is 0 Å². The van der Waals surface area contributed by atoms with Gasteiger partial charge in [0.15, 0.2) is 0 Å². The van der Waals surface area contributed by atoms with Crippen LogP contribution in [-0.4, -0.2) is 4.98 Å². The SMILES string of the molecule is Brc1cc(Br)c(C2CC2)cn1. The summed E-state index contributed by atoms with van der Waals surface area (Å²) in [6.45, 7) is 0. The molecule has 11 heavy (non-hydrogen) atoms. The Labute approximate surface area is 82.5 Å². The van der Waals surface area contributed by atoms with Crippen molar-refractivity contribution in [3.8, 4) is 0 Å². The van der Waals surface area contributed by atoms with Gasteiger partial charge in [0.2, 0.25) is 0 Å². The minimum absolute atomic E-state index is 0.768. The third-order valence-corrected chi connectivity index (χ3v) is 2.99. The van der Waals surface area contributed by atoms with Crippen molar-refractivity contribution in [3.05, 3.63) is 26.9 Å². The van der Waals surface area contributed by atoms with Gasteiger partial charge in [-0.15, -0.1) is 0 Å². The van der Waals surface area contributed by atoms with Crippen LogP contribution >= 0.6 is 31.9 Å². The molecule has 1 aromatic rings. The molecule has 0 aromatic carbocycles. The quantitative estimate of drug-likeness (QED) is 0.716. The fraction of sp³-hybridized carbons (Fsp3) is 0.375. The first-order chi connectivity index (χ1) is 5.27. The van der Waals surface area contributed by atoms with E-state index in [1.807, 2.05) is 12.3 Å². The van der Waals surface area contributed by atoms with E-state index in [1.165, 1.54) is 22.9 Å². The number of hydrogen-bond donors (Lipinski definition) is 0. The molecule has 1 fully saturated rings. The van der Waals surface area contributed by atoms with E-state index in [4.69, 9.17) is 0 Å². The largest absolute Gasteiger partial charge is 0.249 e. The van der Waals surface area contributed by atoms with E-state index in [1.54, 1.807) is 0 Å². The van der Waals surface area contributed by atoms with Crippen LogP contribution in [0.1, 0.15) is 24.3 Å². The summed E-state index contributed by atoms with van der Waals surface area (Å²) in [7, 11) is 0. The van der Waals surface area contributed by atoms with Crippen LogP contribution in [0.2, 0.25) is 0 Å². The fourth-order valence-electron chi connectivity index (χ4n) is 1.11. The summed E-state index contributed by atoms with van der Waals surface area (Å²) in [6, 6.07) is 2.01. The van der Waals surface area contributed by atoms with Crippen LogP contribution in [-0.2, 0) is 0 Å². The average molecular weight is 277 g/mol. The molecule has 0 saturated heterocycles. The van der Waals surface area contributed by atoms with E-state index in [0.29, 0.717) is 0 Å². The Morgan fingerprint density at radius 3 is 2.64 bits per heavy atom. The standard InChI is InChI=1S/C8H7Br2N/c9-7-3-8(10)11-4-6(7)5-1-2-5/h3-5H,1-2H2. The van der Waals surface area contributed by atoms with Gasteiger partial charge in [0.25, 0.3) is 0 Å². The van der Waals surface area contributed by atoms with Crippen molar-refractivity contribution in [2.45, 2.75) is 18.8 Å². The van der Waals surface area contributed by atoms with Crippen LogP contribution in [0.3, 0.4) is 0 Å². The summed E-state index contributed by atoms with van der Waals surface area (Å²) in [6.07, 6.45) is 4.59. The molecular weight excluding hydrogens is 270 g/mol. The second-order valence-corrected chi connectivity index (χ2v) is 4.47. The summed E-state index contributed by atoms with van der Waals surface area (Å²) >= 11 is 6.84. The highest BCUT2D eigenvalue weighted by atomic mass is 79.9. The molecule has 1 nitrogen and oxygen atoms in total. The van der Waals surface area contributed by atoms with E-state index < -0.39 is 0 Å². The summed E-state index contributed by atoms with van der Waals surface area (Å²) in [5, 5.41) is 0. The lowest BCUT2D eigenvalue weighted by Crippen LogP contribution is -1.84. The van der Waals surface area contributed by atoms with E-state index in [9.17, 15) is 0 Å². The van der Waals surface area contributed by atoms with Crippen LogP contribution in [0.25, 0.3) is 0 Å². The summed E-state index contributed by atoms with van der Waals surface area (Å²) in [5.41, 5.74) is 1.35. The molecule has 1 heterocycles. The maximum atomic E-state index is 4.19. The Bertz CT molecular complexity index is 281. The van der Waals surface area contributed by atoms with E-state index in [-0.39, 0.29) is 0 Å². The van der Waals surface area contributed by atoms with Gasteiger partial charge in [-0.25, -0.2) is 4.98 Å². The highest BCUT2D eigenvalue weighted by Gasteiger charge is 2.25. The van der Waals surface area contributed by atoms with Crippen LogP contribution in [0, 0.1) is 0 Å². The molecule has 1 aromatic heterocycles. The molecule has 0 amide bonds. The smallest absolute Gasteiger partial charge is 0.107 e. The van der Waals surface area contributed by atoms with Crippen molar-refractivity contribution >= 4 is 31.9 Å². The van der Waals surface area contributed by atoms with Crippen molar-refractivity contribution in [3.63, 3.8) is 0 Å². The van der Waals surface area contributed by atoms with Crippen LogP contribution in [0.5, 0.6) is 0 Å². The molecule has 0 N–H and O–H groups in total. The van der Waals surface area contributed by atoms with Crippen LogP contribution in [0.4, 0.5) is 0 Å². The normalized spacial score (nSPS) is 16.9. The molecule has 0 unspecified atom stereocenters. The van der Waals surface area contributed by atoms with Gasteiger partial charge in [-0.2, -0.15) is 0 Å². The first-order valence-corrected chi connectivity index (χ1v) is 5.17. The second kappa shape index (κ2) is 2.87. The molecule has 1 aliphatic rings. The van der Waals surface area contributed by atoms with Gasteiger partial charge >= 0.3 is 0 Å². The topological polar surface area (TPSA) is 12.9 Å². The van der Waals surface area contributed by atoms with Crippen molar-refractivity contribution in [2.75, 3.05) is 0 Å². The number of rotatable bonds is 1. The van der Waals surface area contributed by atoms with Gasteiger partial charge in [0.1, 0.15) is 4.60 Å². The minimum Gasteiger partial charge on any atom is -0.249 e. The Kier molecular flexibility index (Phi) is 2.02. The second-order valence-electron chi connectivity index (χ2n) is 2.80. The first-order valence-electron chi connectivity index (χ1n) is 3.58. The molecule has 0 bridgehead atoms. The van der Waals surface area contributed by atoms with Gasteiger partial charge < -0.3 is 0 Å². The van der Waals surface area contributed by atoms with E-state index >= 15 is 0 Å². The monoisotopic (exact) mass is 275 g/mol. The zero-order valence-corrected chi connectivity index (χ0v) is 9.02. The Balaban J connectivity index is 2.39. The maximum absolute atomic E-state index is 4.19. The molecule has 1 saturated carbocycles. The Morgan fingerprint density at radius 1 is 1.36 bits per heavy atom. The number of pyridine rings is 1. The van der Waals surface area contributed by atoms with E-state index in [0.717, 1.165) is 10.5 Å². The summed E-state index contributed by atoms with van der Waals surface area (Å²) < 4.78 is 2.08. The molecule has 0 atom stereocenters. The third kappa shape index (κ3) is 1.64. The van der Waals surface area contributed by atoms with Crippen molar-refractivity contribution in [2.24, 2.45) is 0 Å². The van der Waals surface area contributed by atoms with Crippen LogP contribution < -0.4 is 0 Å². The lowest BCUT2D eigenvalue weighted by molar-refractivity contribution is 1.07. The predicted octanol–water partition coefficient (Wildman–Crippen LogP) is 3.48. The maximum Gasteiger partial charge on any atom is 0.107 e. The fourth-order valence-corrected chi connectivity index (χ4v) is 2.39. The zero-order valence-electron chi connectivity index (χ0n) is 5.85. The minimum atomic E-state index is 0.768. The van der Waals surface area contributed by atoms with E-state index in [2.05, 4.69) is 36.8 Å². The lowest BCUT2D eigenvalue weighted by atomic mass is 10.2. The van der Waals surface area contributed by atoms with Crippen molar-refractivity contribution < 1.29 is 0 Å². The summed E-state index contributed by atoms with van der Waals surface area (Å²) in [5.74, 6) is 0.768. The molecular formula is C8H7Br2N. The molecule has 3 heteroatoms. The predicted molar refractivity (Wildman–Crippen MR) is 51.6 cm³/mol. The van der Waals surface area contributed by atoms with Gasteiger partial charge in [0.05, 0.1) is 0 Å². The zero-order chi connectivity index (χ0) is 7.84. The van der Waals surface area contributed by atoms with Gasteiger partial charge in [0, 0.05) is 10.7 Å². The van der Waals surface area contributed by atoms with Gasteiger partial charge in [-0.3, -0.25) is 0 Å². The molecule has 2 rings (SSSR count). The Hall–Kier alpha value is 0.110. The molecule has 0 radical (unpaired) electrons. The van der Waals surface area contributed by atoms with Crippen molar-refractivity contribution in [1.82, 2.24) is 4.98 Å². The number of aromatic nitrogens is 1. The molecule has 0 spiro atoms. The lowest BCUT2D eigenvalue weighted by Gasteiger charge is -2.00. The first kappa shape index (κ1) is 7.74. The highest BCUT2D eigenvalue weighted by Crippen LogP contribution is 2.43.